The maximum absolute atomic E-state index is 11.9. The molecule has 2 aliphatic carbocycles. The largest absolute Gasteiger partial charge is 0.480 e. The lowest BCUT2D eigenvalue weighted by atomic mass is 9.84. The van der Waals surface area contributed by atoms with E-state index in [0.717, 1.165) is 32.1 Å². The normalized spacial score (nSPS) is 26.6. The molecule has 0 radical (unpaired) electrons. The van der Waals surface area contributed by atoms with Gasteiger partial charge >= 0.3 is 12.0 Å². The van der Waals surface area contributed by atoms with Crippen LogP contribution in [0.1, 0.15) is 52.4 Å². The van der Waals surface area contributed by atoms with Gasteiger partial charge in [0.1, 0.15) is 6.04 Å². The first-order chi connectivity index (χ1) is 9.40. The average molecular weight is 282 g/mol. The molecule has 0 aliphatic heterocycles. The summed E-state index contributed by atoms with van der Waals surface area (Å²) < 4.78 is 0. The van der Waals surface area contributed by atoms with Gasteiger partial charge in [0.05, 0.1) is 0 Å². The quantitative estimate of drug-likeness (QED) is 0.724. The van der Waals surface area contributed by atoms with Gasteiger partial charge in [0.15, 0.2) is 0 Å². The van der Waals surface area contributed by atoms with Gasteiger partial charge in [-0.15, -0.1) is 0 Å². The Balaban J connectivity index is 1.78. The van der Waals surface area contributed by atoms with Crippen molar-refractivity contribution in [3.63, 3.8) is 0 Å². The zero-order chi connectivity index (χ0) is 14.8. The summed E-state index contributed by atoms with van der Waals surface area (Å²) in [4.78, 5) is 23.2. The van der Waals surface area contributed by atoms with E-state index in [9.17, 15) is 14.7 Å². The first kappa shape index (κ1) is 15.1. The number of carboxylic acids is 1. The number of urea groups is 1. The van der Waals surface area contributed by atoms with E-state index < -0.39 is 12.0 Å². The Kier molecular flexibility index (Phi) is 4.55. The molecule has 5 nitrogen and oxygen atoms in total. The van der Waals surface area contributed by atoms with Gasteiger partial charge in [-0.25, -0.2) is 9.59 Å². The molecule has 2 fully saturated rings. The molecule has 114 valence electrons. The van der Waals surface area contributed by atoms with Crippen LogP contribution in [-0.2, 0) is 4.79 Å². The van der Waals surface area contributed by atoms with Gasteiger partial charge in [-0.05, 0) is 36.5 Å². The number of carbonyl (C=O) groups is 2. The molecule has 20 heavy (non-hydrogen) atoms. The fourth-order valence-corrected chi connectivity index (χ4v) is 3.18. The summed E-state index contributed by atoms with van der Waals surface area (Å²) in [7, 11) is 0. The fraction of sp³-hybridized carbons (Fsp3) is 0.867. The van der Waals surface area contributed by atoms with Gasteiger partial charge in [0.2, 0.25) is 0 Å². The minimum atomic E-state index is -0.918. The van der Waals surface area contributed by atoms with E-state index in [2.05, 4.69) is 24.5 Å². The number of hydrogen-bond acceptors (Lipinski definition) is 2. The van der Waals surface area contributed by atoms with Gasteiger partial charge in [0.25, 0.3) is 0 Å². The summed E-state index contributed by atoms with van der Waals surface area (Å²) in [5, 5.41) is 14.8. The van der Waals surface area contributed by atoms with Crippen molar-refractivity contribution in [2.75, 3.05) is 6.54 Å². The number of nitrogens with one attached hydrogen (secondary N) is 2. The van der Waals surface area contributed by atoms with E-state index in [0.29, 0.717) is 17.9 Å². The van der Waals surface area contributed by atoms with Crippen molar-refractivity contribution >= 4 is 12.0 Å². The molecule has 0 spiro atoms. The lowest BCUT2D eigenvalue weighted by Crippen LogP contribution is -2.50. The number of hydrogen-bond donors (Lipinski definition) is 3. The van der Waals surface area contributed by atoms with E-state index in [4.69, 9.17) is 0 Å². The summed E-state index contributed by atoms with van der Waals surface area (Å²) in [5.41, 5.74) is 0.322. The third-order valence-electron chi connectivity index (χ3n) is 4.90. The molecular weight excluding hydrogens is 256 g/mol. The Bertz CT molecular complexity index is 375. The molecular formula is C15H26N2O3. The van der Waals surface area contributed by atoms with Crippen molar-refractivity contribution < 1.29 is 14.7 Å². The van der Waals surface area contributed by atoms with Gasteiger partial charge in [-0.1, -0.05) is 33.1 Å². The second-order valence-corrected chi connectivity index (χ2v) is 6.96. The third-order valence-corrected chi connectivity index (χ3v) is 4.90. The SMILES string of the molecule is CC1(C)CC1CNC(=O)NC(C(=O)O)C1CCCCC1. The van der Waals surface area contributed by atoms with Crippen LogP contribution in [-0.4, -0.2) is 29.7 Å². The molecule has 2 unspecified atom stereocenters. The highest BCUT2D eigenvalue weighted by Crippen LogP contribution is 2.50. The minimum absolute atomic E-state index is 0.0735. The van der Waals surface area contributed by atoms with Crippen LogP contribution in [0.3, 0.4) is 0 Å². The first-order valence-corrected chi connectivity index (χ1v) is 7.67. The average Bonchev–Trinajstić information content (AvgIpc) is 3.02. The summed E-state index contributed by atoms with van der Waals surface area (Å²) in [6.07, 6.45) is 6.21. The molecule has 3 N–H and O–H groups in total. The molecule has 0 heterocycles. The second kappa shape index (κ2) is 6.02. The molecule has 0 aromatic heterocycles. The summed E-state index contributed by atoms with van der Waals surface area (Å²) in [6, 6.07) is -1.09. The van der Waals surface area contributed by atoms with Crippen molar-refractivity contribution in [1.29, 1.82) is 0 Å². The van der Waals surface area contributed by atoms with Crippen LogP contribution >= 0.6 is 0 Å². The molecule has 2 rings (SSSR count). The van der Waals surface area contributed by atoms with E-state index in [1.807, 2.05) is 0 Å². The van der Waals surface area contributed by atoms with Crippen LogP contribution in [0.15, 0.2) is 0 Å². The maximum atomic E-state index is 11.9. The minimum Gasteiger partial charge on any atom is -0.480 e. The van der Waals surface area contributed by atoms with Crippen LogP contribution in [0.5, 0.6) is 0 Å². The maximum Gasteiger partial charge on any atom is 0.326 e. The zero-order valence-corrected chi connectivity index (χ0v) is 12.4. The predicted octanol–water partition coefficient (Wildman–Crippen LogP) is 2.37. The van der Waals surface area contributed by atoms with Gasteiger partial charge in [-0.2, -0.15) is 0 Å². The van der Waals surface area contributed by atoms with E-state index >= 15 is 0 Å². The van der Waals surface area contributed by atoms with Crippen LogP contribution in [0.4, 0.5) is 4.79 Å². The molecule has 0 aromatic rings. The van der Waals surface area contributed by atoms with Crippen molar-refractivity contribution in [3.8, 4) is 0 Å². The Hall–Kier alpha value is -1.26. The third kappa shape index (κ3) is 3.87. The van der Waals surface area contributed by atoms with Gasteiger partial charge in [-0.3, -0.25) is 0 Å². The Labute approximate surface area is 120 Å². The van der Waals surface area contributed by atoms with Gasteiger partial charge < -0.3 is 15.7 Å². The number of carboxylic acid groups (broad SMARTS) is 1. The molecule has 0 bridgehead atoms. The molecule has 0 aromatic carbocycles. The summed E-state index contributed by atoms with van der Waals surface area (Å²) in [6.45, 7) is 4.99. The van der Waals surface area contributed by atoms with Gasteiger partial charge in [0, 0.05) is 6.54 Å². The summed E-state index contributed by atoms with van der Waals surface area (Å²) in [5.74, 6) is -0.325. The first-order valence-electron chi connectivity index (χ1n) is 7.67. The summed E-state index contributed by atoms with van der Waals surface area (Å²) >= 11 is 0. The van der Waals surface area contributed by atoms with Crippen LogP contribution < -0.4 is 10.6 Å². The van der Waals surface area contributed by atoms with E-state index in [1.165, 1.54) is 6.42 Å². The number of rotatable bonds is 5. The molecule has 5 heteroatoms. The van der Waals surface area contributed by atoms with Crippen LogP contribution in [0, 0.1) is 17.3 Å². The van der Waals surface area contributed by atoms with E-state index in [-0.39, 0.29) is 11.9 Å². The molecule has 2 amide bonds. The fourth-order valence-electron chi connectivity index (χ4n) is 3.18. The lowest BCUT2D eigenvalue weighted by molar-refractivity contribution is -0.141. The topological polar surface area (TPSA) is 78.4 Å². The highest BCUT2D eigenvalue weighted by Gasteiger charge is 2.45. The standard InChI is InChI=1S/C15H26N2O3/c1-15(2)8-11(15)9-16-14(20)17-12(13(18)19)10-6-4-3-5-7-10/h10-12H,3-9H2,1-2H3,(H,18,19)(H2,16,17,20). The predicted molar refractivity (Wildman–Crippen MR) is 76.4 cm³/mol. The Morgan fingerprint density at radius 3 is 2.35 bits per heavy atom. The van der Waals surface area contributed by atoms with Crippen molar-refractivity contribution in [3.05, 3.63) is 0 Å². The van der Waals surface area contributed by atoms with Crippen LogP contribution in [0.25, 0.3) is 0 Å². The molecule has 2 aliphatic rings. The second-order valence-electron chi connectivity index (χ2n) is 6.96. The highest BCUT2D eigenvalue weighted by atomic mass is 16.4. The number of amides is 2. The monoisotopic (exact) mass is 282 g/mol. The molecule has 0 saturated heterocycles. The smallest absolute Gasteiger partial charge is 0.326 e. The Morgan fingerprint density at radius 1 is 1.25 bits per heavy atom. The highest BCUT2D eigenvalue weighted by molar-refractivity contribution is 5.82. The molecule has 2 atom stereocenters. The van der Waals surface area contributed by atoms with Crippen molar-refractivity contribution in [1.82, 2.24) is 10.6 Å². The van der Waals surface area contributed by atoms with Crippen molar-refractivity contribution in [2.24, 2.45) is 17.3 Å². The zero-order valence-electron chi connectivity index (χ0n) is 12.4. The van der Waals surface area contributed by atoms with E-state index in [1.54, 1.807) is 0 Å². The molecule has 2 saturated carbocycles. The van der Waals surface area contributed by atoms with Crippen molar-refractivity contribution in [2.45, 2.75) is 58.4 Å². The van der Waals surface area contributed by atoms with Crippen LogP contribution in [0.2, 0.25) is 0 Å². The number of carbonyl (C=O) groups excluding carboxylic acids is 1. The number of aliphatic carboxylic acids is 1. The lowest BCUT2D eigenvalue weighted by Gasteiger charge is -2.28. The Morgan fingerprint density at radius 2 is 1.85 bits per heavy atom.